The lowest BCUT2D eigenvalue weighted by Gasteiger charge is -2.31. The van der Waals surface area contributed by atoms with Gasteiger partial charge in [0.25, 0.3) is 20.0 Å². The highest BCUT2D eigenvalue weighted by molar-refractivity contribution is 7.93. The third-order valence-electron chi connectivity index (χ3n) is 6.22. The number of sulfonamides is 2. The van der Waals surface area contributed by atoms with Crippen LogP contribution in [0.5, 0.6) is 0 Å². The molecule has 0 saturated carbocycles. The summed E-state index contributed by atoms with van der Waals surface area (Å²) < 4.78 is 69.8. The highest BCUT2D eigenvalue weighted by Crippen LogP contribution is 2.43. The van der Waals surface area contributed by atoms with Crippen LogP contribution in [-0.4, -0.2) is 29.3 Å². The van der Waals surface area contributed by atoms with E-state index in [-0.39, 0.29) is 21.2 Å². The maximum Gasteiger partial charge on any atom is 0.265 e. The number of anilines is 3. The van der Waals surface area contributed by atoms with Gasteiger partial charge in [-0.2, -0.15) is 0 Å². The Bertz CT molecular complexity index is 1830. The van der Waals surface area contributed by atoms with Crippen LogP contribution >= 0.6 is 11.6 Å². The van der Waals surface area contributed by atoms with E-state index in [0.29, 0.717) is 27.4 Å². The second-order valence-corrected chi connectivity index (χ2v) is 12.7. The van der Waals surface area contributed by atoms with E-state index < -0.39 is 38.3 Å². The van der Waals surface area contributed by atoms with Crippen LogP contribution in [0.3, 0.4) is 0 Å². The molecule has 0 radical (unpaired) electrons. The van der Waals surface area contributed by atoms with Crippen molar-refractivity contribution in [3.05, 3.63) is 101 Å². The second kappa shape index (κ2) is 9.99. The Balaban J connectivity index is 1.35. The van der Waals surface area contributed by atoms with Gasteiger partial charge in [0.2, 0.25) is 5.91 Å². The van der Waals surface area contributed by atoms with E-state index >= 15 is 0 Å². The Labute approximate surface area is 230 Å². The zero-order valence-corrected chi connectivity index (χ0v) is 22.7. The van der Waals surface area contributed by atoms with E-state index in [9.17, 15) is 26.0 Å². The van der Waals surface area contributed by atoms with E-state index in [4.69, 9.17) is 11.6 Å². The summed E-state index contributed by atoms with van der Waals surface area (Å²) in [5.41, 5.74) is 2.05. The van der Waals surface area contributed by atoms with E-state index in [1.54, 1.807) is 43.3 Å². The lowest BCUT2D eigenvalue weighted by Crippen LogP contribution is -2.40. The predicted molar refractivity (Wildman–Crippen MR) is 148 cm³/mol. The van der Waals surface area contributed by atoms with Crippen LogP contribution < -0.4 is 14.3 Å². The van der Waals surface area contributed by atoms with E-state index in [1.165, 1.54) is 42.5 Å². The molecular weight excluding hydrogens is 565 g/mol. The van der Waals surface area contributed by atoms with Gasteiger partial charge in [0.1, 0.15) is 12.4 Å². The van der Waals surface area contributed by atoms with Crippen LogP contribution in [0.15, 0.2) is 94.7 Å². The summed E-state index contributed by atoms with van der Waals surface area (Å²) in [6, 6.07) is 20.1. The van der Waals surface area contributed by atoms with Crippen molar-refractivity contribution in [3.63, 3.8) is 0 Å². The summed E-state index contributed by atoms with van der Waals surface area (Å²) in [6.07, 6.45) is 0. The number of rotatable bonds is 6. The molecule has 8 nitrogen and oxygen atoms in total. The number of amides is 1. The number of halogens is 2. The molecule has 39 heavy (non-hydrogen) atoms. The van der Waals surface area contributed by atoms with Crippen LogP contribution in [0.1, 0.15) is 5.56 Å². The van der Waals surface area contributed by atoms with Gasteiger partial charge in [0.15, 0.2) is 0 Å². The normalized spacial score (nSPS) is 13.8. The van der Waals surface area contributed by atoms with Gasteiger partial charge >= 0.3 is 0 Å². The standard InChI is InChI=1S/C27H21ClFN3O5S2/c1-17-23(28)6-4-7-24(17)31-38(34,35)20-12-10-19(11-13-20)30-27(33)16-32-25-14-9-18(29)15-22(25)21-5-2-3-8-26(21)39(32,36)37/h2-15,31H,16H2,1H3,(H,30,33). The first-order valence-corrected chi connectivity index (χ1v) is 14.9. The fourth-order valence-electron chi connectivity index (χ4n) is 4.24. The molecule has 4 aromatic rings. The molecule has 0 bridgehead atoms. The number of hydrogen-bond donors (Lipinski definition) is 2. The zero-order valence-electron chi connectivity index (χ0n) is 20.4. The van der Waals surface area contributed by atoms with Crippen molar-refractivity contribution in [2.45, 2.75) is 16.7 Å². The minimum absolute atomic E-state index is 0.0344. The molecule has 0 aromatic heterocycles. The molecule has 2 N–H and O–H groups in total. The SMILES string of the molecule is Cc1c(Cl)cccc1NS(=O)(=O)c1ccc(NC(=O)CN2c3ccc(F)cc3-c3ccccc3S2(=O)=O)cc1. The Kier molecular flexibility index (Phi) is 6.83. The van der Waals surface area contributed by atoms with Gasteiger partial charge in [-0.1, -0.05) is 35.9 Å². The number of fused-ring (bicyclic) bond motifs is 3. The maximum absolute atomic E-state index is 14.0. The Hall–Kier alpha value is -3.93. The summed E-state index contributed by atoms with van der Waals surface area (Å²) in [5.74, 6) is -1.21. The molecule has 12 heteroatoms. The molecule has 1 amide bonds. The Morgan fingerprint density at radius 2 is 1.67 bits per heavy atom. The fraction of sp³-hybridized carbons (Fsp3) is 0.0741. The number of carbonyl (C=O) groups is 1. The van der Waals surface area contributed by atoms with Crippen molar-refractivity contribution in [1.29, 1.82) is 0 Å². The first-order valence-electron chi connectivity index (χ1n) is 11.6. The third-order valence-corrected chi connectivity index (χ3v) is 9.83. The molecule has 200 valence electrons. The van der Waals surface area contributed by atoms with E-state index in [0.717, 1.165) is 10.4 Å². The van der Waals surface area contributed by atoms with Crippen molar-refractivity contribution in [2.24, 2.45) is 0 Å². The molecule has 0 fully saturated rings. The van der Waals surface area contributed by atoms with E-state index in [2.05, 4.69) is 10.0 Å². The first kappa shape index (κ1) is 26.7. The minimum atomic E-state index is -4.11. The average molecular weight is 586 g/mol. The predicted octanol–water partition coefficient (Wildman–Crippen LogP) is 5.40. The summed E-state index contributed by atoms with van der Waals surface area (Å²) in [6.45, 7) is 1.11. The zero-order chi connectivity index (χ0) is 27.9. The number of carbonyl (C=O) groups excluding carboxylic acids is 1. The Morgan fingerprint density at radius 1 is 0.949 bits per heavy atom. The van der Waals surface area contributed by atoms with Gasteiger partial charge in [-0.25, -0.2) is 21.2 Å². The quantitative estimate of drug-likeness (QED) is 0.314. The van der Waals surface area contributed by atoms with Gasteiger partial charge in [0.05, 0.1) is 21.2 Å². The van der Waals surface area contributed by atoms with Crippen LogP contribution in [0.4, 0.5) is 21.5 Å². The van der Waals surface area contributed by atoms with Crippen molar-refractivity contribution in [2.75, 3.05) is 20.9 Å². The smallest absolute Gasteiger partial charge is 0.265 e. The van der Waals surface area contributed by atoms with Crippen LogP contribution in [0.2, 0.25) is 5.02 Å². The van der Waals surface area contributed by atoms with Crippen molar-refractivity contribution < 1.29 is 26.0 Å². The minimum Gasteiger partial charge on any atom is -0.325 e. The van der Waals surface area contributed by atoms with Gasteiger partial charge in [-0.3, -0.25) is 13.8 Å². The molecular formula is C27H21ClFN3O5S2. The second-order valence-electron chi connectivity index (χ2n) is 8.76. The largest absolute Gasteiger partial charge is 0.325 e. The number of nitrogens with one attached hydrogen (secondary N) is 2. The average Bonchev–Trinajstić information content (AvgIpc) is 2.90. The first-order chi connectivity index (χ1) is 18.5. The molecule has 5 rings (SSSR count). The molecule has 1 aliphatic heterocycles. The molecule has 1 aliphatic rings. The maximum atomic E-state index is 14.0. The number of hydrogen-bond acceptors (Lipinski definition) is 5. The molecule has 4 aromatic carbocycles. The van der Waals surface area contributed by atoms with Crippen molar-refractivity contribution in [1.82, 2.24) is 0 Å². The molecule has 0 atom stereocenters. The topological polar surface area (TPSA) is 113 Å². The van der Waals surface area contributed by atoms with Crippen LogP contribution in [0.25, 0.3) is 11.1 Å². The number of benzene rings is 4. The molecule has 0 unspecified atom stereocenters. The third kappa shape index (κ3) is 5.08. The lowest BCUT2D eigenvalue weighted by atomic mass is 10.0. The number of nitrogens with zero attached hydrogens (tertiary/aromatic N) is 1. The van der Waals surface area contributed by atoms with Gasteiger partial charge < -0.3 is 5.32 Å². The highest BCUT2D eigenvalue weighted by Gasteiger charge is 2.36. The Morgan fingerprint density at radius 3 is 2.41 bits per heavy atom. The van der Waals surface area contributed by atoms with Gasteiger partial charge in [-0.15, -0.1) is 0 Å². The van der Waals surface area contributed by atoms with Crippen LogP contribution in [-0.2, 0) is 24.8 Å². The molecule has 0 spiro atoms. The van der Waals surface area contributed by atoms with E-state index in [1.807, 2.05) is 0 Å². The monoisotopic (exact) mass is 585 g/mol. The van der Waals surface area contributed by atoms with Gasteiger partial charge in [-0.05, 0) is 73.2 Å². The van der Waals surface area contributed by atoms with Crippen molar-refractivity contribution in [3.8, 4) is 11.1 Å². The lowest BCUT2D eigenvalue weighted by molar-refractivity contribution is -0.114. The summed E-state index contributed by atoms with van der Waals surface area (Å²) in [7, 11) is -8.05. The highest BCUT2D eigenvalue weighted by atomic mass is 35.5. The summed E-state index contributed by atoms with van der Waals surface area (Å²) in [5, 5.41) is 3.00. The molecule has 0 saturated heterocycles. The van der Waals surface area contributed by atoms with Crippen molar-refractivity contribution >= 4 is 54.6 Å². The molecule has 1 heterocycles. The van der Waals surface area contributed by atoms with Crippen LogP contribution in [0, 0.1) is 12.7 Å². The van der Waals surface area contributed by atoms with Gasteiger partial charge in [0, 0.05) is 21.8 Å². The summed E-state index contributed by atoms with van der Waals surface area (Å²) in [4.78, 5) is 12.8. The fourth-order valence-corrected chi connectivity index (χ4v) is 7.19. The summed E-state index contributed by atoms with van der Waals surface area (Å²) >= 11 is 6.07. The molecule has 0 aliphatic carbocycles.